The van der Waals surface area contributed by atoms with Crippen LogP contribution in [-0.4, -0.2) is 107 Å². The number of piperazine rings is 1. The summed E-state index contributed by atoms with van der Waals surface area (Å²) in [5, 5.41) is 5.90. The number of aromatic nitrogens is 2. The topological polar surface area (TPSA) is 166 Å². The first-order chi connectivity index (χ1) is 26.9. The van der Waals surface area contributed by atoms with Gasteiger partial charge in [0.2, 0.25) is 11.8 Å². The highest BCUT2D eigenvalue weighted by Gasteiger charge is 2.45. The number of ether oxygens (including phenoxy) is 1. The number of pyridine rings is 1. The number of anilines is 3. The van der Waals surface area contributed by atoms with Crippen molar-refractivity contribution >= 4 is 67.6 Å². The first-order valence-electron chi connectivity index (χ1n) is 19.1. The van der Waals surface area contributed by atoms with Crippen molar-refractivity contribution in [2.45, 2.75) is 51.7 Å². The number of carbonyl (C=O) groups is 5. The Labute approximate surface area is 327 Å². The summed E-state index contributed by atoms with van der Waals surface area (Å²) >= 11 is 1.54. The summed E-state index contributed by atoms with van der Waals surface area (Å²) < 4.78 is 8.32. The molecule has 0 aliphatic carbocycles. The van der Waals surface area contributed by atoms with Gasteiger partial charge in [-0.05, 0) is 75.4 Å². The fourth-order valence-corrected chi connectivity index (χ4v) is 9.04. The van der Waals surface area contributed by atoms with Crippen molar-refractivity contribution in [1.29, 1.82) is 0 Å². The van der Waals surface area contributed by atoms with E-state index < -0.39 is 35.6 Å². The largest absolute Gasteiger partial charge is 0.490 e. The van der Waals surface area contributed by atoms with Gasteiger partial charge in [-0.15, -0.1) is 0 Å². The Balaban J connectivity index is 0.861. The number of piperidine rings is 2. The molecule has 6 heterocycles. The summed E-state index contributed by atoms with van der Waals surface area (Å²) in [6.07, 6.45) is 3.69. The Kier molecular flexibility index (Phi) is 10.1. The van der Waals surface area contributed by atoms with Gasteiger partial charge in [0.05, 0.1) is 33.0 Å². The van der Waals surface area contributed by atoms with E-state index in [1.165, 1.54) is 4.57 Å². The maximum atomic E-state index is 13.4. The van der Waals surface area contributed by atoms with Gasteiger partial charge in [-0.2, -0.15) is 0 Å². The van der Waals surface area contributed by atoms with E-state index in [4.69, 9.17) is 9.72 Å². The Morgan fingerprint density at radius 1 is 0.929 bits per heavy atom. The number of imide groups is 2. The van der Waals surface area contributed by atoms with E-state index in [9.17, 15) is 28.8 Å². The number of thiazole rings is 1. The van der Waals surface area contributed by atoms with E-state index in [0.29, 0.717) is 28.4 Å². The monoisotopic (exact) mass is 780 g/mol. The predicted molar refractivity (Wildman–Crippen MR) is 212 cm³/mol. The van der Waals surface area contributed by atoms with Crippen LogP contribution in [0.2, 0.25) is 0 Å². The van der Waals surface area contributed by atoms with Gasteiger partial charge in [-0.3, -0.25) is 43.9 Å². The molecule has 2 aromatic heterocycles. The lowest BCUT2D eigenvalue weighted by Crippen LogP contribution is -2.54. The van der Waals surface area contributed by atoms with Crippen molar-refractivity contribution in [1.82, 2.24) is 24.7 Å². The molecule has 56 heavy (non-hydrogen) atoms. The minimum Gasteiger partial charge on any atom is -0.490 e. The molecule has 8 rings (SSSR count). The molecule has 3 fully saturated rings. The van der Waals surface area contributed by atoms with E-state index in [-0.39, 0.29) is 30.2 Å². The van der Waals surface area contributed by atoms with Crippen LogP contribution in [0, 0.1) is 5.92 Å². The maximum absolute atomic E-state index is 13.4. The van der Waals surface area contributed by atoms with Crippen LogP contribution >= 0.6 is 11.3 Å². The average molecular weight is 781 g/mol. The molecule has 1 atom stereocenters. The number of carbonyl (C=O) groups excluding carboxylic acids is 5. The maximum Gasteiger partial charge on any atom is 0.274 e. The summed E-state index contributed by atoms with van der Waals surface area (Å²) in [5.74, 6) is -1.46. The van der Waals surface area contributed by atoms with E-state index in [2.05, 4.69) is 25.3 Å². The van der Waals surface area contributed by atoms with E-state index in [1.54, 1.807) is 54.9 Å². The molecular weight excluding hydrogens is 737 g/mol. The highest BCUT2D eigenvalue weighted by atomic mass is 32.1. The lowest BCUT2D eigenvalue weighted by atomic mass is 9.95. The Morgan fingerprint density at radius 3 is 2.41 bits per heavy atom. The standard InChI is InChI=1S/C40H44N8O7S/c1-23(2)55-32-21-30-33(20-28(32)35(50)41-29-5-4-12-44(3)39(29)54)56-40(42-30)47-17-15-45(16-18-47)22-24-10-13-46(14-11-24)25-6-7-26-27(19-25)38(53)48(37(26)52)31-8-9-34(49)43-36(31)51/h4-7,12,19-21,23-24,31H,8-11,13-18,22H2,1-3H3,(H,41,50)(H,43,49,51). The molecule has 15 nitrogen and oxygen atoms in total. The third-order valence-corrected chi connectivity index (χ3v) is 12.1. The summed E-state index contributed by atoms with van der Waals surface area (Å²) in [4.78, 5) is 89.6. The fourth-order valence-electron chi connectivity index (χ4n) is 8.01. The molecular formula is C40H44N8O7S. The van der Waals surface area contributed by atoms with Crippen molar-refractivity contribution in [3.05, 3.63) is 75.7 Å². The number of hydrogen-bond donors (Lipinski definition) is 2. The van der Waals surface area contributed by atoms with Crippen LogP contribution in [0.1, 0.15) is 70.6 Å². The Hall–Kier alpha value is -5.61. The van der Waals surface area contributed by atoms with Gasteiger partial charge in [0, 0.05) is 77.2 Å². The van der Waals surface area contributed by atoms with Crippen molar-refractivity contribution in [3.63, 3.8) is 0 Å². The Morgan fingerprint density at radius 2 is 1.68 bits per heavy atom. The number of amides is 5. The quantitative estimate of drug-likeness (QED) is 0.239. The zero-order valence-corrected chi connectivity index (χ0v) is 32.4. The van der Waals surface area contributed by atoms with Crippen LogP contribution in [-0.2, 0) is 16.6 Å². The molecule has 4 aliphatic heterocycles. The van der Waals surface area contributed by atoms with Gasteiger partial charge >= 0.3 is 0 Å². The zero-order valence-electron chi connectivity index (χ0n) is 31.6. The van der Waals surface area contributed by atoms with Gasteiger partial charge < -0.3 is 24.4 Å². The van der Waals surface area contributed by atoms with Crippen LogP contribution in [0.4, 0.5) is 16.5 Å². The van der Waals surface area contributed by atoms with Crippen LogP contribution in [0.15, 0.2) is 53.5 Å². The molecule has 2 N–H and O–H groups in total. The third kappa shape index (κ3) is 7.25. The second-order valence-corrected chi connectivity index (χ2v) is 16.2. The van der Waals surface area contributed by atoms with Gasteiger partial charge in [-0.1, -0.05) is 11.3 Å². The van der Waals surface area contributed by atoms with Crippen LogP contribution < -0.4 is 30.7 Å². The molecule has 0 radical (unpaired) electrons. The molecule has 4 aromatic rings. The van der Waals surface area contributed by atoms with Gasteiger partial charge in [0.1, 0.15) is 17.5 Å². The zero-order chi connectivity index (χ0) is 39.2. The minimum absolute atomic E-state index is 0.0872. The summed E-state index contributed by atoms with van der Waals surface area (Å²) in [5.41, 5.74) is 2.48. The number of aryl methyl sites for hydroxylation is 1. The van der Waals surface area contributed by atoms with Gasteiger partial charge in [0.25, 0.3) is 23.3 Å². The lowest BCUT2D eigenvalue weighted by molar-refractivity contribution is -0.136. The SMILES string of the molecule is CC(C)Oc1cc2nc(N3CCN(CC4CCN(c5ccc6c(c5)C(=O)N(C5CCC(=O)NC5=O)C6=O)CC4)CC3)sc2cc1C(=O)Nc1cccn(C)c1=O. The molecule has 0 spiro atoms. The predicted octanol–water partition coefficient (Wildman–Crippen LogP) is 3.47. The molecule has 3 saturated heterocycles. The summed E-state index contributed by atoms with van der Waals surface area (Å²) in [6, 6.07) is 11.3. The summed E-state index contributed by atoms with van der Waals surface area (Å²) in [7, 11) is 1.64. The van der Waals surface area contributed by atoms with Crippen molar-refractivity contribution in [2.24, 2.45) is 13.0 Å². The molecule has 2 aromatic carbocycles. The number of nitrogens with zero attached hydrogens (tertiary/aromatic N) is 6. The van der Waals surface area contributed by atoms with Crippen LogP contribution in [0.3, 0.4) is 0 Å². The highest BCUT2D eigenvalue weighted by molar-refractivity contribution is 7.22. The molecule has 1 unspecified atom stereocenters. The fraction of sp³-hybridized carbons (Fsp3) is 0.425. The molecule has 4 aliphatic rings. The van der Waals surface area contributed by atoms with E-state index >= 15 is 0 Å². The number of nitrogens with one attached hydrogen (secondary N) is 2. The van der Waals surface area contributed by atoms with Crippen molar-refractivity contribution in [2.75, 3.05) is 60.9 Å². The van der Waals surface area contributed by atoms with Crippen LogP contribution in [0.25, 0.3) is 10.2 Å². The molecule has 0 bridgehead atoms. The first-order valence-corrected chi connectivity index (χ1v) is 19.9. The number of rotatable bonds is 9. The number of benzene rings is 2. The minimum atomic E-state index is -0.978. The van der Waals surface area contributed by atoms with E-state index in [0.717, 1.165) is 84.6 Å². The summed E-state index contributed by atoms with van der Waals surface area (Å²) in [6.45, 7) is 9.93. The Bertz CT molecular complexity index is 2300. The van der Waals surface area contributed by atoms with Crippen LogP contribution in [0.5, 0.6) is 5.75 Å². The third-order valence-electron chi connectivity index (χ3n) is 11.0. The molecule has 5 amide bonds. The van der Waals surface area contributed by atoms with Crippen molar-refractivity contribution < 1.29 is 28.7 Å². The van der Waals surface area contributed by atoms with Gasteiger partial charge in [0.15, 0.2) is 5.13 Å². The number of hydrogen-bond acceptors (Lipinski definition) is 12. The smallest absolute Gasteiger partial charge is 0.274 e. The number of fused-ring (bicyclic) bond motifs is 2. The van der Waals surface area contributed by atoms with Crippen molar-refractivity contribution in [3.8, 4) is 5.75 Å². The average Bonchev–Trinajstić information content (AvgIpc) is 3.70. The van der Waals surface area contributed by atoms with Gasteiger partial charge in [-0.25, -0.2) is 4.98 Å². The molecule has 292 valence electrons. The second kappa shape index (κ2) is 15.1. The molecule has 0 saturated carbocycles. The normalized spacial score (nSPS) is 19.6. The second-order valence-electron chi connectivity index (χ2n) is 15.2. The first kappa shape index (κ1) is 37.3. The molecule has 16 heteroatoms. The lowest BCUT2D eigenvalue weighted by Gasteiger charge is -2.39. The highest BCUT2D eigenvalue weighted by Crippen LogP contribution is 2.36. The van der Waals surface area contributed by atoms with E-state index in [1.807, 2.05) is 26.0 Å².